The summed E-state index contributed by atoms with van der Waals surface area (Å²) in [4.78, 5) is 43.2. The van der Waals surface area contributed by atoms with Gasteiger partial charge in [-0.1, -0.05) is 18.6 Å². The first kappa shape index (κ1) is 21.6. The maximum Gasteiger partial charge on any atom is 0.307 e. The number of rotatable bonds is 5. The number of pyridine rings is 1. The normalized spacial score (nSPS) is 22.3. The minimum atomic E-state index is -0.394. The van der Waals surface area contributed by atoms with Crippen molar-refractivity contribution in [1.82, 2.24) is 19.4 Å². The summed E-state index contributed by atoms with van der Waals surface area (Å²) in [6.07, 6.45) is 6.95. The molecule has 0 radical (unpaired) electrons. The van der Waals surface area contributed by atoms with E-state index in [0.29, 0.717) is 17.6 Å². The summed E-state index contributed by atoms with van der Waals surface area (Å²) in [6.45, 7) is 0.179. The van der Waals surface area contributed by atoms with Crippen molar-refractivity contribution >= 4 is 17.0 Å². The second-order valence-electron chi connectivity index (χ2n) is 8.99. The third kappa shape index (κ3) is 4.11. The summed E-state index contributed by atoms with van der Waals surface area (Å²) in [5.74, 6) is -0.394. The lowest BCUT2D eigenvalue weighted by Crippen LogP contribution is -2.50. The lowest BCUT2D eigenvalue weighted by molar-refractivity contribution is -0.140. The van der Waals surface area contributed by atoms with Gasteiger partial charge in [0.25, 0.3) is 11.1 Å². The van der Waals surface area contributed by atoms with Gasteiger partial charge in [-0.3, -0.25) is 14.4 Å². The average molecular weight is 449 g/mol. The number of nitrogens with zero attached hydrogens (tertiary/aromatic N) is 3. The number of benzene rings is 1. The molecule has 2 aliphatic rings. The number of methoxy groups -OCH3 is 1. The van der Waals surface area contributed by atoms with Crippen LogP contribution in [0.15, 0.2) is 52.2 Å². The van der Waals surface area contributed by atoms with Crippen LogP contribution < -0.4 is 16.4 Å². The SMILES string of the molecule is COC(=O)CCn1cccc(-c2nc3ccccc3n(C3CC4CCCC(C3)N4)c2=O)c1=O. The number of esters is 1. The molecule has 2 aromatic heterocycles. The monoisotopic (exact) mass is 448 g/mol. The number of hydrogen-bond acceptors (Lipinski definition) is 6. The smallest absolute Gasteiger partial charge is 0.307 e. The summed E-state index contributed by atoms with van der Waals surface area (Å²) < 4.78 is 7.99. The van der Waals surface area contributed by atoms with E-state index < -0.39 is 5.97 Å². The topological polar surface area (TPSA) is 95.2 Å². The molecule has 4 heterocycles. The molecule has 1 aromatic carbocycles. The van der Waals surface area contributed by atoms with Gasteiger partial charge in [0.1, 0.15) is 5.69 Å². The largest absolute Gasteiger partial charge is 0.469 e. The quantitative estimate of drug-likeness (QED) is 0.603. The van der Waals surface area contributed by atoms with Crippen molar-refractivity contribution in [2.24, 2.45) is 0 Å². The lowest BCUT2D eigenvalue weighted by Gasteiger charge is -2.41. The third-order valence-electron chi connectivity index (χ3n) is 6.91. The van der Waals surface area contributed by atoms with Crippen LogP contribution in [-0.4, -0.2) is 39.3 Å². The number of ether oxygens (including phenoxy) is 1. The van der Waals surface area contributed by atoms with Crippen molar-refractivity contribution in [2.75, 3.05) is 7.11 Å². The molecule has 2 bridgehead atoms. The van der Waals surface area contributed by atoms with E-state index in [9.17, 15) is 14.4 Å². The highest BCUT2D eigenvalue weighted by molar-refractivity contribution is 5.78. The van der Waals surface area contributed by atoms with Crippen LogP contribution in [-0.2, 0) is 16.1 Å². The van der Waals surface area contributed by atoms with E-state index in [2.05, 4.69) is 15.0 Å². The van der Waals surface area contributed by atoms with Gasteiger partial charge in [-0.05, 0) is 49.9 Å². The third-order valence-corrected chi connectivity index (χ3v) is 6.91. The summed E-state index contributed by atoms with van der Waals surface area (Å²) >= 11 is 0. The Morgan fingerprint density at radius 1 is 1.09 bits per heavy atom. The Bertz CT molecular complexity index is 1300. The summed E-state index contributed by atoms with van der Waals surface area (Å²) in [7, 11) is 1.32. The second-order valence-corrected chi connectivity index (χ2v) is 8.99. The molecule has 0 aliphatic carbocycles. The molecule has 2 unspecified atom stereocenters. The predicted molar refractivity (Wildman–Crippen MR) is 125 cm³/mol. The molecule has 1 N–H and O–H groups in total. The zero-order chi connectivity index (χ0) is 22.9. The lowest BCUT2D eigenvalue weighted by atomic mass is 9.84. The van der Waals surface area contributed by atoms with E-state index in [1.165, 1.54) is 18.1 Å². The van der Waals surface area contributed by atoms with Crippen LogP contribution in [0, 0.1) is 0 Å². The molecule has 8 nitrogen and oxygen atoms in total. The van der Waals surface area contributed by atoms with Gasteiger partial charge in [-0.15, -0.1) is 0 Å². The molecule has 5 rings (SSSR count). The van der Waals surface area contributed by atoms with Crippen LogP contribution in [0.2, 0.25) is 0 Å². The molecule has 0 spiro atoms. The Hall–Kier alpha value is -3.26. The van der Waals surface area contributed by atoms with Crippen LogP contribution in [0.5, 0.6) is 0 Å². The number of nitrogens with one attached hydrogen (secondary N) is 1. The molecule has 172 valence electrons. The summed E-state index contributed by atoms with van der Waals surface area (Å²) in [6, 6.07) is 11.9. The fraction of sp³-hybridized carbons (Fsp3) is 0.440. The van der Waals surface area contributed by atoms with E-state index in [1.54, 1.807) is 18.3 Å². The van der Waals surface area contributed by atoms with E-state index in [-0.39, 0.29) is 41.4 Å². The number of hydrogen-bond donors (Lipinski definition) is 1. The molecular formula is C25H28N4O4. The molecule has 0 amide bonds. The Labute approximate surface area is 191 Å². The van der Waals surface area contributed by atoms with E-state index >= 15 is 0 Å². The first-order valence-corrected chi connectivity index (χ1v) is 11.6. The zero-order valence-corrected chi connectivity index (χ0v) is 18.7. The molecule has 2 saturated heterocycles. The standard InChI is InChI=1S/C25H28N4O4/c1-33-22(30)11-13-28-12-5-8-19(24(28)31)23-25(32)29(21-10-3-2-9-20(21)27-23)18-14-16-6-4-7-17(15-18)26-16/h2-3,5,8-10,12,16-18,26H,4,6-7,11,13-15H2,1H3. The molecule has 2 fully saturated rings. The van der Waals surface area contributed by atoms with Crippen molar-refractivity contribution in [2.45, 2.75) is 63.2 Å². The Kier molecular flexibility index (Phi) is 5.85. The van der Waals surface area contributed by atoms with E-state index in [1.807, 2.05) is 28.8 Å². The minimum Gasteiger partial charge on any atom is -0.469 e. The maximum absolute atomic E-state index is 13.8. The first-order valence-electron chi connectivity index (χ1n) is 11.6. The van der Waals surface area contributed by atoms with Gasteiger partial charge < -0.3 is 19.2 Å². The van der Waals surface area contributed by atoms with Gasteiger partial charge in [0.2, 0.25) is 0 Å². The fourth-order valence-corrected chi connectivity index (χ4v) is 5.35. The summed E-state index contributed by atoms with van der Waals surface area (Å²) in [5.41, 5.74) is 1.34. The maximum atomic E-state index is 13.8. The van der Waals surface area contributed by atoms with Gasteiger partial charge in [0, 0.05) is 30.9 Å². The Balaban J connectivity index is 1.62. The molecule has 3 aromatic rings. The van der Waals surface area contributed by atoms with Crippen LogP contribution >= 0.6 is 0 Å². The highest BCUT2D eigenvalue weighted by atomic mass is 16.5. The highest BCUT2D eigenvalue weighted by Gasteiger charge is 2.33. The Morgan fingerprint density at radius 2 is 1.85 bits per heavy atom. The van der Waals surface area contributed by atoms with Crippen LogP contribution in [0.4, 0.5) is 0 Å². The fourth-order valence-electron chi connectivity index (χ4n) is 5.35. The van der Waals surface area contributed by atoms with Gasteiger partial charge >= 0.3 is 5.97 Å². The number of para-hydroxylation sites is 2. The molecular weight excluding hydrogens is 420 g/mol. The zero-order valence-electron chi connectivity index (χ0n) is 18.7. The van der Waals surface area contributed by atoms with Crippen molar-refractivity contribution in [3.8, 4) is 11.3 Å². The van der Waals surface area contributed by atoms with Crippen molar-refractivity contribution in [3.05, 3.63) is 63.3 Å². The van der Waals surface area contributed by atoms with Gasteiger partial charge in [-0.2, -0.15) is 0 Å². The van der Waals surface area contributed by atoms with Gasteiger partial charge in [-0.25, -0.2) is 4.98 Å². The van der Waals surface area contributed by atoms with Gasteiger partial charge in [0.15, 0.2) is 0 Å². The number of fused-ring (bicyclic) bond motifs is 3. The second kappa shape index (κ2) is 8.94. The number of aromatic nitrogens is 3. The van der Waals surface area contributed by atoms with E-state index in [0.717, 1.165) is 31.2 Å². The van der Waals surface area contributed by atoms with Crippen LogP contribution in [0.1, 0.15) is 44.6 Å². The van der Waals surface area contributed by atoms with Gasteiger partial charge in [0.05, 0.1) is 30.1 Å². The molecule has 33 heavy (non-hydrogen) atoms. The summed E-state index contributed by atoms with van der Waals surface area (Å²) in [5, 5.41) is 3.69. The number of carbonyl (C=O) groups is 1. The molecule has 2 atom stereocenters. The van der Waals surface area contributed by atoms with Crippen LogP contribution in [0.25, 0.3) is 22.3 Å². The predicted octanol–water partition coefficient (Wildman–Crippen LogP) is 2.63. The first-order chi connectivity index (χ1) is 16.0. The number of aryl methyl sites for hydroxylation is 1. The number of carbonyl (C=O) groups excluding carboxylic acids is 1. The molecule has 8 heteroatoms. The van der Waals surface area contributed by atoms with Crippen molar-refractivity contribution < 1.29 is 9.53 Å². The average Bonchev–Trinajstić information content (AvgIpc) is 2.82. The van der Waals surface area contributed by atoms with E-state index in [4.69, 9.17) is 0 Å². The number of piperidine rings is 2. The van der Waals surface area contributed by atoms with Crippen molar-refractivity contribution in [1.29, 1.82) is 0 Å². The minimum absolute atomic E-state index is 0.0611. The molecule has 0 saturated carbocycles. The molecule has 2 aliphatic heterocycles. The highest BCUT2D eigenvalue weighted by Crippen LogP contribution is 2.33. The van der Waals surface area contributed by atoms with Crippen LogP contribution in [0.3, 0.4) is 0 Å². The van der Waals surface area contributed by atoms with Crippen molar-refractivity contribution in [3.63, 3.8) is 0 Å². The Morgan fingerprint density at radius 3 is 2.61 bits per heavy atom.